The van der Waals surface area contributed by atoms with E-state index in [1.807, 2.05) is 6.66 Å². The SMILES string of the molecule is COCC1(C=O)CC(OPC)C(C)CO1. The molecule has 1 fully saturated rings. The Balaban J connectivity index is 2.64. The first-order valence-electron chi connectivity index (χ1n) is 5.09. The molecule has 0 saturated carbocycles. The van der Waals surface area contributed by atoms with Crippen LogP contribution >= 0.6 is 8.81 Å². The van der Waals surface area contributed by atoms with Gasteiger partial charge in [-0.1, -0.05) is 6.92 Å². The van der Waals surface area contributed by atoms with Gasteiger partial charge < -0.3 is 18.8 Å². The first-order chi connectivity index (χ1) is 7.17. The van der Waals surface area contributed by atoms with Crippen LogP contribution in [0.3, 0.4) is 0 Å². The molecule has 15 heavy (non-hydrogen) atoms. The molecule has 0 amide bonds. The maximum absolute atomic E-state index is 11.1. The number of carbonyl (C=O) groups is 1. The highest BCUT2D eigenvalue weighted by Gasteiger charge is 2.41. The van der Waals surface area contributed by atoms with E-state index in [0.29, 0.717) is 34.4 Å². The van der Waals surface area contributed by atoms with Crippen molar-refractivity contribution in [2.45, 2.75) is 25.0 Å². The molecule has 0 radical (unpaired) electrons. The Labute approximate surface area is 92.5 Å². The van der Waals surface area contributed by atoms with Crippen molar-refractivity contribution in [3.8, 4) is 0 Å². The molecule has 0 aliphatic carbocycles. The number of aldehydes is 1. The summed E-state index contributed by atoms with van der Waals surface area (Å²) in [4.78, 5) is 11.1. The minimum absolute atomic E-state index is 0.0995. The molecule has 4 nitrogen and oxygen atoms in total. The standard InChI is InChI=1S/C10H19O4P/c1-8-5-13-10(6-11,7-12-2)4-9(8)14-15-3/h6,8-9,15H,4-5,7H2,1-3H3. The number of hydrogen-bond acceptors (Lipinski definition) is 4. The number of carbonyl (C=O) groups excluding carboxylic acids is 1. The van der Waals surface area contributed by atoms with Gasteiger partial charge in [0.05, 0.1) is 19.3 Å². The Kier molecular flexibility index (Phi) is 5.13. The molecule has 0 bridgehead atoms. The third-order valence-corrected chi connectivity index (χ3v) is 3.23. The van der Waals surface area contributed by atoms with Crippen molar-refractivity contribution in [2.24, 2.45) is 5.92 Å². The summed E-state index contributed by atoms with van der Waals surface area (Å²) in [5, 5.41) is 0. The normalized spacial score (nSPS) is 37.3. The maximum atomic E-state index is 11.1. The summed E-state index contributed by atoms with van der Waals surface area (Å²) in [5.41, 5.74) is -0.800. The van der Waals surface area contributed by atoms with E-state index in [9.17, 15) is 4.79 Å². The highest BCUT2D eigenvalue weighted by atomic mass is 31.1. The molecule has 0 aromatic heterocycles. The molecule has 1 heterocycles. The highest BCUT2D eigenvalue weighted by molar-refractivity contribution is 7.31. The first kappa shape index (κ1) is 13.0. The molecule has 0 spiro atoms. The lowest BCUT2D eigenvalue weighted by molar-refractivity contribution is -0.166. The van der Waals surface area contributed by atoms with Crippen molar-refractivity contribution in [1.82, 2.24) is 0 Å². The summed E-state index contributed by atoms with van der Waals surface area (Å²) in [7, 11) is 2.02. The molecule has 0 aromatic carbocycles. The second-order valence-electron chi connectivity index (χ2n) is 3.97. The molecule has 0 aromatic rings. The molecular formula is C10H19O4P. The quantitative estimate of drug-likeness (QED) is 0.530. The molecule has 0 N–H and O–H groups in total. The van der Waals surface area contributed by atoms with E-state index in [-0.39, 0.29) is 6.10 Å². The molecule has 5 heteroatoms. The van der Waals surface area contributed by atoms with Crippen molar-refractivity contribution >= 4 is 15.1 Å². The van der Waals surface area contributed by atoms with E-state index in [0.717, 1.165) is 6.29 Å². The van der Waals surface area contributed by atoms with Crippen molar-refractivity contribution in [1.29, 1.82) is 0 Å². The molecule has 88 valence electrons. The van der Waals surface area contributed by atoms with Gasteiger partial charge in [-0.25, -0.2) is 0 Å². The topological polar surface area (TPSA) is 44.8 Å². The van der Waals surface area contributed by atoms with Crippen molar-refractivity contribution in [3.63, 3.8) is 0 Å². The van der Waals surface area contributed by atoms with Gasteiger partial charge in [-0.15, -0.1) is 0 Å². The molecule has 1 aliphatic rings. The summed E-state index contributed by atoms with van der Waals surface area (Å²) >= 11 is 0. The Morgan fingerprint density at radius 3 is 2.93 bits per heavy atom. The summed E-state index contributed by atoms with van der Waals surface area (Å²) in [6.07, 6.45) is 1.53. The van der Waals surface area contributed by atoms with Crippen LogP contribution in [0, 0.1) is 5.92 Å². The van der Waals surface area contributed by atoms with Crippen LogP contribution in [0.5, 0.6) is 0 Å². The summed E-state index contributed by atoms with van der Waals surface area (Å²) in [6, 6.07) is 0. The predicted octanol–water partition coefficient (Wildman–Crippen LogP) is 1.24. The van der Waals surface area contributed by atoms with Crippen LogP contribution in [0.25, 0.3) is 0 Å². The first-order valence-corrected chi connectivity index (χ1v) is 6.50. The second kappa shape index (κ2) is 5.90. The Bertz CT molecular complexity index is 212. The largest absolute Gasteiger partial charge is 0.381 e. The lowest BCUT2D eigenvalue weighted by atomic mass is 9.88. The van der Waals surface area contributed by atoms with Crippen LogP contribution in [-0.4, -0.2) is 45.0 Å². The van der Waals surface area contributed by atoms with Crippen LogP contribution in [-0.2, 0) is 18.8 Å². The second-order valence-corrected chi connectivity index (χ2v) is 4.61. The van der Waals surface area contributed by atoms with Crippen LogP contribution in [0.4, 0.5) is 0 Å². The minimum atomic E-state index is -0.800. The molecule has 1 saturated heterocycles. The number of methoxy groups -OCH3 is 1. The number of ether oxygens (including phenoxy) is 2. The minimum Gasteiger partial charge on any atom is -0.381 e. The van der Waals surface area contributed by atoms with Gasteiger partial charge in [-0.3, -0.25) is 0 Å². The van der Waals surface area contributed by atoms with E-state index in [1.165, 1.54) is 0 Å². The fourth-order valence-electron chi connectivity index (χ4n) is 1.78. The Hall–Kier alpha value is -0.0200. The zero-order valence-corrected chi connectivity index (χ0v) is 10.5. The number of rotatable bonds is 5. The van der Waals surface area contributed by atoms with Gasteiger partial charge >= 0.3 is 0 Å². The average Bonchev–Trinajstić information content (AvgIpc) is 2.24. The average molecular weight is 234 g/mol. The van der Waals surface area contributed by atoms with Crippen LogP contribution < -0.4 is 0 Å². The van der Waals surface area contributed by atoms with Crippen molar-refractivity contribution in [2.75, 3.05) is 27.0 Å². The van der Waals surface area contributed by atoms with E-state index in [2.05, 4.69) is 6.92 Å². The van der Waals surface area contributed by atoms with E-state index >= 15 is 0 Å². The summed E-state index contributed by atoms with van der Waals surface area (Å²) < 4.78 is 16.2. The molecule has 1 aliphatic heterocycles. The van der Waals surface area contributed by atoms with Crippen molar-refractivity contribution in [3.05, 3.63) is 0 Å². The third kappa shape index (κ3) is 3.22. The van der Waals surface area contributed by atoms with Gasteiger partial charge in [0.1, 0.15) is 5.60 Å². The Morgan fingerprint density at radius 1 is 1.67 bits per heavy atom. The molecule has 4 unspecified atom stereocenters. The molecule has 4 atom stereocenters. The van der Waals surface area contributed by atoms with Crippen LogP contribution in [0.1, 0.15) is 13.3 Å². The van der Waals surface area contributed by atoms with E-state index in [1.54, 1.807) is 7.11 Å². The smallest absolute Gasteiger partial charge is 0.154 e. The lowest BCUT2D eigenvalue weighted by Crippen LogP contribution is -2.50. The fourth-order valence-corrected chi connectivity index (χ4v) is 2.39. The summed E-state index contributed by atoms with van der Waals surface area (Å²) in [6.45, 7) is 4.92. The monoisotopic (exact) mass is 234 g/mol. The van der Waals surface area contributed by atoms with Gasteiger partial charge in [0.15, 0.2) is 6.29 Å². The van der Waals surface area contributed by atoms with Gasteiger partial charge in [-0.05, 0) is 6.66 Å². The highest BCUT2D eigenvalue weighted by Crippen LogP contribution is 2.32. The van der Waals surface area contributed by atoms with Crippen LogP contribution in [0.15, 0.2) is 0 Å². The summed E-state index contributed by atoms with van der Waals surface area (Å²) in [5.74, 6) is 0.336. The van der Waals surface area contributed by atoms with Gasteiger partial charge in [0.2, 0.25) is 0 Å². The molecular weight excluding hydrogens is 215 g/mol. The Morgan fingerprint density at radius 2 is 2.40 bits per heavy atom. The number of hydrogen-bond donors (Lipinski definition) is 0. The zero-order valence-electron chi connectivity index (χ0n) is 9.49. The fraction of sp³-hybridized carbons (Fsp3) is 0.900. The van der Waals surface area contributed by atoms with Crippen molar-refractivity contribution < 1.29 is 18.8 Å². The van der Waals surface area contributed by atoms with E-state index < -0.39 is 5.60 Å². The maximum Gasteiger partial charge on any atom is 0.154 e. The van der Waals surface area contributed by atoms with Gasteiger partial charge in [0.25, 0.3) is 0 Å². The third-order valence-electron chi connectivity index (χ3n) is 2.69. The molecule has 1 rings (SSSR count). The lowest BCUT2D eigenvalue weighted by Gasteiger charge is -2.39. The predicted molar refractivity (Wildman–Crippen MR) is 59.5 cm³/mol. The van der Waals surface area contributed by atoms with Crippen LogP contribution in [0.2, 0.25) is 0 Å². The van der Waals surface area contributed by atoms with Gasteiger partial charge in [-0.2, -0.15) is 0 Å². The van der Waals surface area contributed by atoms with Gasteiger partial charge in [0, 0.05) is 28.3 Å². The van der Waals surface area contributed by atoms with E-state index in [4.69, 9.17) is 14.0 Å². The zero-order chi connectivity index (χ0) is 11.3.